The van der Waals surface area contributed by atoms with Crippen molar-refractivity contribution in [2.45, 2.75) is 12.1 Å². The average molecular weight is 413 g/mol. The van der Waals surface area contributed by atoms with Crippen molar-refractivity contribution in [2.75, 3.05) is 17.7 Å². The first-order chi connectivity index (χ1) is 14.0. The molecule has 0 spiro atoms. The molecular weight excluding hydrogens is 394 g/mol. The van der Waals surface area contributed by atoms with Crippen LogP contribution in [0.5, 0.6) is 5.75 Å². The Morgan fingerprint density at radius 3 is 2.48 bits per heavy atom. The van der Waals surface area contributed by atoms with Crippen molar-refractivity contribution in [3.8, 4) is 17.1 Å². The second-order valence-electron chi connectivity index (χ2n) is 5.96. The summed E-state index contributed by atoms with van der Waals surface area (Å²) in [5, 5.41) is 22.4. The molecule has 0 saturated carbocycles. The smallest absolute Gasteiger partial charge is 0.269 e. The van der Waals surface area contributed by atoms with Crippen LogP contribution in [-0.2, 0) is 11.8 Å². The number of nitrogens with one attached hydrogen (secondary N) is 1. The van der Waals surface area contributed by atoms with Gasteiger partial charge in [-0.25, -0.2) is 0 Å². The van der Waals surface area contributed by atoms with Crippen LogP contribution in [0.1, 0.15) is 6.92 Å². The van der Waals surface area contributed by atoms with Crippen LogP contribution in [0.2, 0.25) is 0 Å². The number of rotatable bonds is 8. The molecule has 0 atom stereocenters. The fraction of sp³-hybridized carbons (Fsp3) is 0.211. The third-order valence-corrected chi connectivity index (χ3v) is 4.97. The molecule has 9 nitrogen and oxygen atoms in total. The Labute approximate surface area is 171 Å². The molecule has 2 aromatic carbocycles. The van der Waals surface area contributed by atoms with Crippen LogP contribution in [0.25, 0.3) is 11.4 Å². The van der Waals surface area contributed by atoms with Crippen molar-refractivity contribution in [2.24, 2.45) is 7.05 Å². The molecule has 0 fully saturated rings. The fourth-order valence-electron chi connectivity index (χ4n) is 2.55. The number of nitrogens with zero attached hydrogens (tertiary/aromatic N) is 4. The van der Waals surface area contributed by atoms with E-state index in [1.165, 1.54) is 23.9 Å². The monoisotopic (exact) mass is 413 g/mol. The van der Waals surface area contributed by atoms with Gasteiger partial charge in [-0.3, -0.25) is 14.9 Å². The van der Waals surface area contributed by atoms with E-state index in [1.54, 1.807) is 48.0 Å². The van der Waals surface area contributed by atoms with E-state index >= 15 is 0 Å². The highest BCUT2D eigenvalue weighted by Crippen LogP contribution is 2.24. The predicted octanol–water partition coefficient (Wildman–Crippen LogP) is 3.52. The first-order valence-corrected chi connectivity index (χ1v) is 9.76. The second kappa shape index (κ2) is 9.20. The summed E-state index contributed by atoms with van der Waals surface area (Å²) in [6, 6.07) is 13.2. The molecule has 10 heteroatoms. The maximum Gasteiger partial charge on any atom is 0.269 e. The number of hydrogen-bond donors (Lipinski definition) is 1. The summed E-state index contributed by atoms with van der Waals surface area (Å²) in [7, 11) is 1.78. The number of benzene rings is 2. The molecule has 0 saturated heterocycles. The van der Waals surface area contributed by atoms with Gasteiger partial charge < -0.3 is 14.6 Å². The molecule has 0 aliphatic heterocycles. The van der Waals surface area contributed by atoms with Gasteiger partial charge in [0.25, 0.3) is 5.69 Å². The van der Waals surface area contributed by atoms with Crippen LogP contribution < -0.4 is 10.1 Å². The van der Waals surface area contributed by atoms with Crippen molar-refractivity contribution in [3.05, 3.63) is 58.6 Å². The van der Waals surface area contributed by atoms with Gasteiger partial charge in [0.2, 0.25) is 5.91 Å². The first kappa shape index (κ1) is 20.3. The molecule has 1 amide bonds. The molecule has 1 aromatic heterocycles. The topological polar surface area (TPSA) is 112 Å². The predicted molar refractivity (Wildman–Crippen MR) is 110 cm³/mol. The van der Waals surface area contributed by atoms with E-state index in [0.717, 1.165) is 5.75 Å². The summed E-state index contributed by atoms with van der Waals surface area (Å²) in [6.45, 7) is 2.49. The molecule has 3 aromatic rings. The second-order valence-corrected chi connectivity index (χ2v) is 6.91. The molecule has 0 bridgehead atoms. The van der Waals surface area contributed by atoms with Gasteiger partial charge in [0.1, 0.15) is 5.75 Å². The summed E-state index contributed by atoms with van der Waals surface area (Å²) in [5.41, 5.74) is 1.40. The van der Waals surface area contributed by atoms with Crippen LogP contribution >= 0.6 is 11.8 Å². The summed E-state index contributed by atoms with van der Waals surface area (Å²) >= 11 is 1.25. The molecule has 150 valence electrons. The number of nitro groups is 1. The normalized spacial score (nSPS) is 10.6. The number of ether oxygens (including phenoxy) is 1. The molecule has 0 aliphatic carbocycles. The molecule has 0 aliphatic rings. The van der Waals surface area contributed by atoms with E-state index < -0.39 is 4.92 Å². The maximum atomic E-state index is 12.2. The Bertz CT molecular complexity index is 1000. The lowest BCUT2D eigenvalue weighted by Crippen LogP contribution is -2.14. The zero-order valence-electron chi connectivity index (χ0n) is 15.9. The lowest BCUT2D eigenvalue weighted by molar-refractivity contribution is -0.384. The van der Waals surface area contributed by atoms with Crippen molar-refractivity contribution in [3.63, 3.8) is 0 Å². The number of thioether (sulfide) groups is 1. The Hall–Kier alpha value is -3.40. The number of carbonyl (C=O) groups is 1. The number of anilines is 1. The highest BCUT2D eigenvalue weighted by atomic mass is 32.2. The Morgan fingerprint density at radius 1 is 1.17 bits per heavy atom. The van der Waals surface area contributed by atoms with Gasteiger partial charge in [-0.1, -0.05) is 11.8 Å². The number of aromatic nitrogens is 3. The van der Waals surface area contributed by atoms with E-state index in [9.17, 15) is 14.9 Å². The number of non-ortho nitro benzene ring substituents is 1. The van der Waals surface area contributed by atoms with E-state index in [4.69, 9.17) is 4.74 Å². The highest BCUT2D eigenvalue weighted by molar-refractivity contribution is 7.99. The Kier molecular flexibility index (Phi) is 6.45. The standard InChI is InChI=1S/C19H19N5O4S/c1-3-28-16-10-6-14(7-11-16)20-17(25)12-29-19-22-21-18(23(19)2)13-4-8-15(9-5-13)24(26)27/h4-11H,3,12H2,1-2H3,(H,20,25). The van der Waals surface area contributed by atoms with E-state index in [2.05, 4.69) is 15.5 Å². The van der Waals surface area contributed by atoms with Crippen LogP contribution in [0.3, 0.4) is 0 Å². The molecular formula is C19H19N5O4S. The lowest BCUT2D eigenvalue weighted by Gasteiger charge is -2.07. The quantitative estimate of drug-likeness (QED) is 0.341. The minimum absolute atomic E-state index is 0.0106. The van der Waals surface area contributed by atoms with Crippen LogP contribution in [0, 0.1) is 10.1 Å². The van der Waals surface area contributed by atoms with Crippen LogP contribution in [0.15, 0.2) is 53.7 Å². The minimum atomic E-state index is -0.454. The zero-order chi connectivity index (χ0) is 20.8. The van der Waals surface area contributed by atoms with Gasteiger partial charge >= 0.3 is 0 Å². The van der Waals surface area contributed by atoms with Crippen molar-refractivity contribution in [1.82, 2.24) is 14.8 Å². The molecule has 0 radical (unpaired) electrons. The lowest BCUT2D eigenvalue weighted by atomic mass is 10.2. The molecule has 1 heterocycles. The first-order valence-electron chi connectivity index (χ1n) is 8.77. The Morgan fingerprint density at radius 2 is 1.86 bits per heavy atom. The number of carbonyl (C=O) groups excluding carboxylic acids is 1. The Balaban J connectivity index is 1.59. The van der Waals surface area contributed by atoms with E-state index in [-0.39, 0.29) is 17.3 Å². The SMILES string of the molecule is CCOc1ccc(NC(=O)CSc2nnc(-c3ccc([N+](=O)[O-])cc3)n2C)cc1. The van der Waals surface area contributed by atoms with Crippen LogP contribution in [-0.4, -0.2) is 38.0 Å². The molecule has 1 N–H and O–H groups in total. The summed E-state index contributed by atoms with van der Waals surface area (Å²) in [4.78, 5) is 22.5. The maximum absolute atomic E-state index is 12.2. The molecule has 0 unspecified atom stereocenters. The number of nitro benzene ring substituents is 1. The van der Waals surface area contributed by atoms with Gasteiger partial charge in [0, 0.05) is 30.4 Å². The molecule has 3 rings (SSSR count). The van der Waals surface area contributed by atoms with E-state index in [0.29, 0.717) is 28.8 Å². The largest absolute Gasteiger partial charge is 0.494 e. The van der Waals surface area contributed by atoms with Gasteiger partial charge in [-0.15, -0.1) is 10.2 Å². The van der Waals surface area contributed by atoms with E-state index in [1.807, 2.05) is 6.92 Å². The van der Waals surface area contributed by atoms with Crippen molar-refractivity contribution >= 4 is 29.0 Å². The van der Waals surface area contributed by atoms with Gasteiger partial charge in [-0.2, -0.15) is 0 Å². The van der Waals surface area contributed by atoms with Crippen molar-refractivity contribution in [1.29, 1.82) is 0 Å². The number of hydrogen-bond acceptors (Lipinski definition) is 7. The highest BCUT2D eigenvalue weighted by Gasteiger charge is 2.14. The van der Waals surface area contributed by atoms with Crippen molar-refractivity contribution < 1.29 is 14.5 Å². The average Bonchev–Trinajstić information content (AvgIpc) is 3.08. The summed E-state index contributed by atoms with van der Waals surface area (Å²) < 4.78 is 7.12. The van der Waals surface area contributed by atoms with Gasteiger partial charge in [0.05, 0.1) is 17.3 Å². The fourth-order valence-corrected chi connectivity index (χ4v) is 3.26. The number of amides is 1. The molecule has 29 heavy (non-hydrogen) atoms. The zero-order valence-corrected chi connectivity index (χ0v) is 16.7. The van der Waals surface area contributed by atoms with Gasteiger partial charge in [0.15, 0.2) is 11.0 Å². The van der Waals surface area contributed by atoms with Crippen LogP contribution in [0.4, 0.5) is 11.4 Å². The third kappa shape index (κ3) is 5.11. The minimum Gasteiger partial charge on any atom is -0.494 e. The third-order valence-electron chi connectivity index (χ3n) is 3.95. The summed E-state index contributed by atoms with van der Waals surface area (Å²) in [5.74, 6) is 1.31. The van der Waals surface area contributed by atoms with Gasteiger partial charge in [-0.05, 0) is 43.3 Å². The summed E-state index contributed by atoms with van der Waals surface area (Å²) in [6.07, 6.45) is 0.